The smallest absolute Gasteiger partial charge is 0.244 e. The maximum Gasteiger partial charge on any atom is 0.244 e. The largest absolute Gasteiger partial charge is 0.351 e. The zero-order chi connectivity index (χ0) is 18.6. The Kier molecular flexibility index (Phi) is 6.71. The van der Waals surface area contributed by atoms with Crippen LogP contribution in [-0.4, -0.2) is 57.7 Å². The van der Waals surface area contributed by atoms with Crippen molar-refractivity contribution >= 4 is 33.2 Å². The Morgan fingerprint density at radius 1 is 1.40 bits per heavy atom. The molecule has 0 spiro atoms. The van der Waals surface area contributed by atoms with Gasteiger partial charge in [0.1, 0.15) is 6.04 Å². The Morgan fingerprint density at radius 3 is 2.56 bits per heavy atom. The molecular weight excluding hydrogens is 362 g/mol. The SMILES string of the molecule is CC[C@@H](C(=O)NC1CCN(C)CC1)N(c1cccc(Cl)c1)S(C)(=O)=O. The van der Waals surface area contributed by atoms with Gasteiger partial charge in [0.25, 0.3) is 0 Å². The molecule has 0 unspecified atom stereocenters. The maximum absolute atomic E-state index is 12.8. The van der Waals surface area contributed by atoms with E-state index >= 15 is 0 Å². The van der Waals surface area contributed by atoms with Crippen molar-refractivity contribution in [2.24, 2.45) is 0 Å². The van der Waals surface area contributed by atoms with Crippen LogP contribution in [0.25, 0.3) is 0 Å². The molecule has 1 amide bonds. The van der Waals surface area contributed by atoms with Gasteiger partial charge in [-0.15, -0.1) is 0 Å². The van der Waals surface area contributed by atoms with Crippen molar-refractivity contribution < 1.29 is 13.2 Å². The van der Waals surface area contributed by atoms with E-state index in [0.717, 1.165) is 32.2 Å². The molecule has 6 nitrogen and oxygen atoms in total. The standard InChI is InChI=1S/C17H26ClN3O3S/c1-4-16(17(22)19-14-8-10-20(2)11-9-14)21(25(3,23)24)15-7-5-6-13(18)12-15/h5-7,12,14,16H,4,8-11H2,1-3H3,(H,19,22)/t16-/m0/s1. The summed E-state index contributed by atoms with van der Waals surface area (Å²) in [6, 6.07) is 5.85. The summed E-state index contributed by atoms with van der Waals surface area (Å²) >= 11 is 6.01. The number of rotatable bonds is 6. The Balaban J connectivity index is 2.23. The molecule has 25 heavy (non-hydrogen) atoms. The molecule has 140 valence electrons. The van der Waals surface area contributed by atoms with E-state index in [4.69, 9.17) is 11.6 Å². The molecule has 1 fully saturated rings. The summed E-state index contributed by atoms with van der Waals surface area (Å²) in [7, 11) is -1.58. The first-order valence-corrected chi connectivity index (χ1v) is 10.7. The molecule has 0 bridgehead atoms. The summed E-state index contributed by atoms with van der Waals surface area (Å²) in [5, 5.41) is 3.45. The normalized spacial score (nSPS) is 17.9. The van der Waals surface area contributed by atoms with E-state index < -0.39 is 16.1 Å². The lowest BCUT2D eigenvalue weighted by molar-refractivity contribution is -0.123. The Hall–Kier alpha value is -1.31. The van der Waals surface area contributed by atoms with Gasteiger partial charge in [0.05, 0.1) is 11.9 Å². The third kappa shape index (κ3) is 5.33. The molecule has 0 aromatic heterocycles. The van der Waals surface area contributed by atoms with Gasteiger partial charge in [-0.1, -0.05) is 24.6 Å². The van der Waals surface area contributed by atoms with Crippen LogP contribution in [0.5, 0.6) is 0 Å². The first kappa shape index (κ1) is 20.0. The number of anilines is 1. The molecule has 1 aliphatic rings. The quantitative estimate of drug-likeness (QED) is 0.811. The molecule has 1 aliphatic heterocycles. The van der Waals surface area contributed by atoms with Crippen LogP contribution >= 0.6 is 11.6 Å². The molecule has 8 heteroatoms. The second-order valence-electron chi connectivity index (χ2n) is 6.55. The first-order chi connectivity index (χ1) is 11.7. The number of nitrogens with one attached hydrogen (secondary N) is 1. The van der Waals surface area contributed by atoms with Gasteiger partial charge in [-0.05, 0) is 57.6 Å². The van der Waals surface area contributed by atoms with E-state index in [9.17, 15) is 13.2 Å². The number of carbonyl (C=O) groups is 1. The molecule has 1 aromatic rings. The number of hydrogen-bond acceptors (Lipinski definition) is 4. The summed E-state index contributed by atoms with van der Waals surface area (Å²) in [5.74, 6) is -0.262. The minimum Gasteiger partial charge on any atom is -0.351 e. The van der Waals surface area contributed by atoms with E-state index in [1.807, 2.05) is 6.92 Å². The molecule has 2 rings (SSSR count). The molecule has 1 heterocycles. The van der Waals surface area contributed by atoms with Crippen LogP contribution in [0.3, 0.4) is 0 Å². The second-order valence-corrected chi connectivity index (χ2v) is 8.84. The number of piperidine rings is 1. The highest BCUT2D eigenvalue weighted by Gasteiger charge is 2.33. The summed E-state index contributed by atoms with van der Waals surface area (Å²) < 4.78 is 25.9. The summed E-state index contributed by atoms with van der Waals surface area (Å²) in [6.45, 7) is 3.65. The highest BCUT2D eigenvalue weighted by molar-refractivity contribution is 7.92. The van der Waals surface area contributed by atoms with Crippen LogP contribution < -0.4 is 9.62 Å². The van der Waals surface area contributed by atoms with Gasteiger partial charge in [0.15, 0.2) is 0 Å². The number of sulfonamides is 1. The number of carbonyl (C=O) groups excluding carboxylic acids is 1. The van der Waals surface area contributed by atoms with Crippen molar-refractivity contribution in [2.45, 2.75) is 38.3 Å². The predicted molar refractivity (Wildman–Crippen MR) is 102 cm³/mol. The number of amides is 1. The first-order valence-electron chi connectivity index (χ1n) is 8.46. The van der Waals surface area contributed by atoms with Crippen LogP contribution in [0.15, 0.2) is 24.3 Å². The molecule has 1 N–H and O–H groups in total. The number of benzene rings is 1. The highest BCUT2D eigenvalue weighted by atomic mass is 35.5. The Bertz CT molecular complexity index is 703. The molecular formula is C17H26ClN3O3S. The zero-order valence-electron chi connectivity index (χ0n) is 14.9. The predicted octanol–water partition coefficient (Wildman–Crippen LogP) is 2.09. The van der Waals surface area contributed by atoms with Gasteiger partial charge in [-0.25, -0.2) is 8.42 Å². The molecule has 0 radical (unpaired) electrons. The van der Waals surface area contributed by atoms with E-state index in [2.05, 4.69) is 17.3 Å². The third-order valence-corrected chi connectivity index (χ3v) is 5.87. The summed E-state index contributed by atoms with van der Waals surface area (Å²) in [4.78, 5) is 15.0. The minimum absolute atomic E-state index is 0.0820. The van der Waals surface area contributed by atoms with Crippen LogP contribution in [0.1, 0.15) is 26.2 Å². The molecule has 0 saturated carbocycles. The van der Waals surface area contributed by atoms with Crippen molar-refractivity contribution in [3.05, 3.63) is 29.3 Å². The zero-order valence-corrected chi connectivity index (χ0v) is 16.5. The molecule has 1 saturated heterocycles. The fourth-order valence-corrected chi connectivity index (χ4v) is 4.51. The van der Waals surface area contributed by atoms with Crippen molar-refractivity contribution in [3.63, 3.8) is 0 Å². The van der Waals surface area contributed by atoms with Crippen LogP contribution in [0.2, 0.25) is 5.02 Å². The molecule has 0 aliphatic carbocycles. The van der Waals surface area contributed by atoms with Gasteiger partial charge in [-0.3, -0.25) is 9.10 Å². The average molecular weight is 388 g/mol. The van der Waals surface area contributed by atoms with Gasteiger partial charge < -0.3 is 10.2 Å². The number of likely N-dealkylation sites (tertiary alicyclic amines) is 1. The van der Waals surface area contributed by atoms with E-state index in [1.54, 1.807) is 24.3 Å². The lowest BCUT2D eigenvalue weighted by Gasteiger charge is -2.34. The molecule has 1 atom stereocenters. The highest BCUT2D eigenvalue weighted by Crippen LogP contribution is 2.25. The van der Waals surface area contributed by atoms with Gasteiger partial charge in [-0.2, -0.15) is 0 Å². The Morgan fingerprint density at radius 2 is 2.04 bits per heavy atom. The van der Waals surface area contributed by atoms with Crippen molar-refractivity contribution in [2.75, 3.05) is 30.7 Å². The van der Waals surface area contributed by atoms with Gasteiger partial charge >= 0.3 is 0 Å². The monoisotopic (exact) mass is 387 g/mol. The topological polar surface area (TPSA) is 69.7 Å². The van der Waals surface area contributed by atoms with Crippen molar-refractivity contribution in [1.29, 1.82) is 0 Å². The van der Waals surface area contributed by atoms with E-state index in [0.29, 0.717) is 17.1 Å². The van der Waals surface area contributed by atoms with Crippen molar-refractivity contribution in [1.82, 2.24) is 10.2 Å². The fraction of sp³-hybridized carbons (Fsp3) is 0.588. The lowest BCUT2D eigenvalue weighted by atomic mass is 10.0. The van der Waals surface area contributed by atoms with E-state index in [1.165, 1.54) is 4.31 Å². The van der Waals surface area contributed by atoms with Crippen LogP contribution in [0.4, 0.5) is 5.69 Å². The van der Waals surface area contributed by atoms with E-state index in [-0.39, 0.29) is 11.9 Å². The maximum atomic E-state index is 12.8. The number of nitrogens with zero attached hydrogens (tertiary/aromatic N) is 2. The summed E-state index contributed by atoms with van der Waals surface area (Å²) in [5.41, 5.74) is 0.403. The fourth-order valence-electron chi connectivity index (χ4n) is 3.12. The Labute approximate surface area is 155 Å². The number of halogens is 1. The van der Waals surface area contributed by atoms with Crippen LogP contribution in [0, 0.1) is 0 Å². The lowest BCUT2D eigenvalue weighted by Crippen LogP contribution is -2.53. The molecule has 1 aromatic carbocycles. The van der Waals surface area contributed by atoms with Gasteiger partial charge in [0, 0.05) is 11.1 Å². The number of hydrogen-bond donors (Lipinski definition) is 1. The summed E-state index contributed by atoms with van der Waals surface area (Å²) in [6.07, 6.45) is 3.22. The van der Waals surface area contributed by atoms with Gasteiger partial charge in [0.2, 0.25) is 15.9 Å². The van der Waals surface area contributed by atoms with Crippen molar-refractivity contribution in [3.8, 4) is 0 Å². The second kappa shape index (κ2) is 8.38. The van der Waals surface area contributed by atoms with Crippen LogP contribution in [-0.2, 0) is 14.8 Å². The third-order valence-electron chi connectivity index (χ3n) is 4.46. The average Bonchev–Trinajstić information content (AvgIpc) is 2.53. The minimum atomic E-state index is -3.64.